The summed E-state index contributed by atoms with van der Waals surface area (Å²) in [4.78, 5) is 12.4. The van der Waals surface area contributed by atoms with Gasteiger partial charge in [-0.25, -0.2) is 0 Å². The van der Waals surface area contributed by atoms with Crippen molar-refractivity contribution in [3.63, 3.8) is 0 Å². The van der Waals surface area contributed by atoms with E-state index in [0.29, 0.717) is 41.0 Å². The minimum Gasteiger partial charge on any atom is -0.494 e. The zero-order valence-corrected chi connectivity index (χ0v) is 15.3. The molecule has 0 atom stereocenters. The minimum absolute atomic E-state index is 0.0370. The normalized spacial score (nSPS) is 10.8. The average molecular weight is 371 g/mol. The number of hydrogen-bond donors (Lipinski definition) is 1. The topological polar surface area (TPSA) is 71.3 Å². The molecule has 0 spiro atoms. The van der Waals surface area contributed by atoms with Crippen LogP contribution in [0.5, 0.6) is 11.5 Å². The molecule has 0 heterocycles. The molecule has 0 bridgehead atoms. The van der Waals surface area contributed by atoms with Crippen molar-refractivity contribution >= 4 is 29.3 Å². The predicted molar refractivity (Wildman–Crippen MR) is 102 cm³/mol. The van der Waals surface area contributed by atoms with Crippen molar-refractivity contribution in [2.45, 2.75) is 13.8 Å². The Bertz CT molecular complexity index is 839. The zero-order chi connectivity index (χ0) is 18.9. The molecule has 134 valence electrons. The second-order valence-corrected chi connectivity index (χ2v) is 5.63. The van der Waals surface area contributed by atoms with Crippen molar-refractivity contribution in [2.75, 3.05) is 18.5 Å². The SMILES string of the molecule is CCOc1ccc(/C=C(/C#N)C(=O)Nc2ccc(Cl)cc2)c(OCC)c1. The summed E-state index contributed by atoms with van der Waals surface area (Å²) < 4.78 is 11.1. The van der Waals surface area contributed by atoms with Crippen molar-refractivity contribution < 1.29 is 14.3 Å². The van der Waals surface area contributed by atoms with E-state index in [0.717, 1.165) is 0 Å². The van der Waals surface area contributed by atoms with Crippen LogP contribution in [0.25, 0.3) is 6.08 Å². The van der Waals surface area contributed by atoms with Crippen molar-refractivity contribution in [1.29, 1.82) is 5.26 Å². The fraction of sp³-hybridized carbons (Fsp3) is 0.200. The lowest BCUT2D eigenvalue weighted by Gasteiger charge is -2.11. The van der Waals surface area contributed by atoms with E-state index in [9.17, 15) is 10.1 Å². The smallest absolute Gasteiger partial charge is 0.266 e. The van der Waals surface area contributed by atoms with E-state index in [4.69, 9.17) is 21.1 Å². The van der Waals surface area contributed by atoms with Gasteiger partial charge in [-0.15, -0.1) is 0 Å². The van der Waals surface area contributed by atoms with Gasteiger partial charge >= 0.3 is 0 Å². The Kier molecular flexibility index (Phi) is 7.07. The Morgan fingerprint density at radius 2 is 1.85 bits per heavy atom. The van der Waals surface area contributed by atoms with E-state index in [2.05, 4.69) is 5.32 Å². The van der Waals surface area contributed by atoms with Gasteiger partial charge in [-0.3, -0.25) is 4.79 Å². The predicted octanol–water partition coefficient (Wildman–Crippen LogP) is 4.68. The monoisotopic (exact) mass is 370 g/mol. The highest BCUT2D eigenvalue weighted by Gasteiger charge is 2.12. The molecule has 6 heteroatoms. The largest absolute Gasteiger partial charge is 0.494 e. The van der Waals surface area contributed by atoms with Crippen molar-refractivity contribution in [3.05, 3.63) is 58.6 Å². The van der Waals surface area contributed by atoms with Crippen molar-refractivity contribution in [2.24, 2.45) is 0 Å². The van der Waals surface area contributed by atoms with Gasteiger partial charge in [0.2, 0.25) is 0 Å². The number of amides is 1. The average Bonchev–Trinajstić information content (AvgIpc) is 2.63. The van der Waals surface area contributed by atoms with Gasteiger partial charge < -0.3 is 14.8 Å². The van der Waals surface area contributed by atoms with Crippen LogP contribution in [0.3, 0.4) is 0 Å². The highest BCUT2D eigenvalue weighted by Crippen LogP contribution is 2.27. The molecule has 2 aromatic carbocycles. The molecular weight excluding hydrogens is 352 g/mol. The Morgan fingerprint density at radius 1 is 1.15 bits per heavy atom. The Balaban J connectivity index is 2.27. The molecule has 0 aliphatic rings. The molecule has 1 amide bonds. The Labute approximate surface area is 157 Å². The highest BCUT2D eigenvalue weighted by atomic mass is 35.5. The standard InChI is InChI=1S/C20H19ClN2O3/c1-3-25-18-10-5-14(19(12-18)26-4-2)11-15(13-22)20(24)23-17-8-6-16(21)7-9-17/h5-12H,3-4H2,1-2H3,(H,23,24)/b15-11-. The Hall–Kier alpha value is -2.97. The molecule has 0 aliphatic heterocycles. The number of benzene rings is 2. The first-order valence-corrected chi connectivity index (χ1v) is 8.53. The molecule has 0 saturated heterocycles. The van der Waals surface area contributed by atoms with Crippen molar-refractivity contribution in [3.8, 4) is 17.6 Å². The van der Waals surface area contributed by atoms with Gasteiger partial charge in [0.05, 0.1) is 13.2 Å². The van der Waals surface area contributed by atoms with Gasteiger partial charge in [0.25, 0.3) is 5.91 Å². The zero-order valence-electron chi connectivity index (χ0n) is 14.6. The molecule has 1 N–H and O–H groups in total. The minimum atomic E-state index is -0.508. The fourth-order valence-corrected chi connectivity index (χ4v) is 2.33. The number of nitrogens with one attached hydrogen (secondary N) is 1. The third-order valence-corrected chi connectivity index (χ3v) is 3.61. The molecular formula is C20H19ClN2O3. The number of anilines is 1. The third kappa shape index (κ3) is 5.27. The lowest BCUT2D eigenvalue weighted by Crippen LogP contribution is -2.13. The van der Waals surface area contributed by atoms with E-state index in [1.807, 2.05) is 19.9 Å². The third-order valence-electron chi connectivity index (χ3n) is 3.36. The molecule has 0 aliphatic carbocycles. The van der Waals surface area contributed by atoms with Crippen LogP contribution in [0, 0.1) is 11.3 Å². The summed E-state index contributed by atoms with van der Waals surface area (Å²) >= 11 is 5.83. The van der Waals surface area contributed by atoms with Crippen LogP contribution in [0.4, 0.5) is 5.69 Å². The summed E-state index contributed by atoms with van der Waals surface area (Å²) in [6.07, 6.45) is 1.49. The first-order chi connectivity index (χ1) is 12.6. The quantitative estimate of drug-likeness (QED) is 0.567. The van der Waals surface area contributed by atoms with Crippen LogP contribution in [-0.4, -0.2) is 19.1 Å². The maximum absolute atomic E-state index is 12.4. The molecule has 5 nitrogen and oxygen atoms in total. The summed E-state index contributed by atoms with van der Waals surface area (Å²) in [6, 6.07) is 13.8. The molecule has 0 fully saturated rings. The van der Waals surface area contributed by atoms with Crippen LogP contribution in [-0.2, 0) is 4.79 Å². The van der Waals surface area contributed by atoms with E-state index in [-0.39, 0.29) is 5.57 Å². The molecule has 2 aromatic rings. The van der Waals surface area contributed by atoms with Crippen LogP contribution >= 0.6 is 11.6 Å². The van der Waals surface area contributed by atoms with Crippen molar-refractivity contribution in [1.82, 2.24) is 0 Å². The van der Waals surface area contributed by atoms with Crippen LogP contribution in [0.1, 0.15) is 19.4 Å². The molecule has 0 radical (unpaired) electrons. The summed E-state index contributed by atoms with van der Waals surface area (Å²) in [6.45, 7) is 4.74. The second kappa shape index (κ2) is 9.50. The maximum atomic E-state index is 12.4. The van der Waals surface area contributed by atoms with E-state index in [1.54, 1.807) is 42.5 Å². The maximum Gasteiger partial charge on any atom is 0.266 e. The second-order valence-electron chi connectivity index (χ2n) is 5.20. The van der Waals surface area contributed by atoms with Gasteiger partial charge in [-0.1, -0.05) is 11.6 Å². The lowest BCUT2D eigenvalue weighted by atomic mass is 10.1. The highest BCUT2D eigenvalue weighted by molar-refractivity contribution is 6.30. The summed E-state index contributed by atoms with van der Waals surface area (Å²) in [5.74, 6) is 0.703. The van der Waals surface area contributed by atoms with Crippen LogP contribution < -0.4 is 14.8 Å². The number of carbonyl (C=O) groups is 1. The summed E-state index contributed by atoms with van der Waals surface area (Å²) in [5, 5.41) is 12.6. The fourth-order valence-electron chi connectivity index (χ4n) is 2.21. The number of halogens is 1. The molecule has 0 unspecified atom stereocenters. The van der Waals surface area contributed by atoms with Crippen LogP contribution in [0.15, 0.2) is 48.0 Å². The van der Waals surface area contributed by atoms with E-state index >= 15 is 0 Å². The number of hydrogen-bond acceptors (Lipinski definition) is 4. The first kappa shape index (κ1) is 19.4. The van der Waals surface area contributed by atoms with Gasteiger partial charge in [0.15, 0.2) is 0 Å². The molecule has 2 rings (SSSR count). The van der Waals surface area contributed by atoms with Crippen LogP contribution in [0.2, 0.25) is 5.02 Å². The molecule has 26 heavy (non-hydrogen) atoms. The van der Waals surface area contributed by atoms with Gasteiger partial charge in [0, 0.05) is 22.3 Å². The van der Waals surface area contributed by atoms with Gasteiger partial charge in [-0.2, -0.15) is 5.26 Å². The van der Waals surface area contributed by atoms with E-state index < -0.39 is 5.91 Å². The number of carbonyl (C=O) groups excluding carboxylic acids is 1. The Morgan fingerprint density at radius 3 is 2.46 bits per heavy atom. The number of rotatable bonds is 7. The summed E-state index contributed by atoms with van der Waals surface area (Å²) in [5.41, 5.74) is 1.14. The summed E-state index contributed by atoms with van der Waals surface area (Å²) in [7, 11) is 0. The number of nitrogens with zero attached hydrogens (tertiary/aromatic N) is 1. The first-order valence-electron chi connectivity index (χ1n) is 8.15. The van der Waals surface area contributed by atoms with E-state index in [1.165, 1.54) is 6.08 Å². The van der Waals surface area contributed by atoms with Gasteiger partial charge in [-0.05, 0) is 56.3 Å². The number of nitriles is 1. The molecule has 0 aromatic heterocycles. The number of ether oxygens (including phenoxy) is 2. The molecule has 0 saturated carbocycles. The lowest BCUT2D eigenvalue weighted by molar-refractivity contribution is -0.112. The van der Waals surface area contributed by atoms with Gasteiger partial charge in [0.1, 0.15) is 23.1 Å².